The van der Waals surface area contributed by atoms with Crippen molar-refractivity contribution >= 4 is 45.2 Å². The Morgan fingerprint density at radius 3 is 1.64 bits per heavy atom. The zero-order valence-electron chi connectivity index (χ0n) is 11.8. The van der Waals surface area contributed by atoms with Gasteiger partial charge in [0, 0.05) is 5.92 Å². The van der Waals surface area contributed by atoms with Gasteiger partial charge in [-0.25, -0.2) is 8.78 Å². The molecule has 2 nitrogen and oxygen atoms in total. The van der Waals surface area contributed by atoms with Crippen molar-refractivity contribution in [3.05, 3.63) is 55.2 Å². The average Bonchev–Trinajstić information content (AvgIpc) is 2.45. The van der Waals surface area contributed by atoms with E-state index >= 15 is 0 Å². The molecular formula is C16H14F2I2O2. The maximum atomic E-state index is 13.0. The molecule has 0 saturated carbocycles. The Balaban J connectivity index is 1.84. The minimum Gasteiger partial charge on any atom is -0.492 e. The van der Waals surface area contributed by atoms with E-state index in [1.54, 1.807) is 12.1 Å². The highest BCUT2D eigenvalue weighted by atomic mass is 127. The predicted octanol–water partition coefficient (Wildman–Crippen LogP) is 5.27. The van der Waals surface area contributed by atoms with Crippen LogP contribution in [0.15, 0.2) is 36.4 Å². The lowest BCUT2D eigenvalue weighted by Gasteiger charge is -2.15. The molecular weight excluding hydrogens is 516 g/mol. The van der Waals surface area contributed by atoms with E-state index in [0.29, 0.717) is 24.7 Å². The summed E-state index contributed by atoms with van der Waals surface area (Å²) in [5, 5.41) is 0. The average molecular weight is 530 g/mol. The first-order valence-corrected chi connectivity index (χ1v) is 8.77. The molecule has 0 heterocycles. The van der Waals surface area contributed by atoms with Crippen LogP contribution in [0.2, 0.25) is 0 Å². The second-order valence-corrected chi connectivity index (χ2v) is 7.20. The lowest BCUT2D eigenvalue weighted by Crippen LogP contribution is -2.17. The Labute approximate surface area is 155 Å². The van der Waals surface area contributed by atoms with Crippen LogP contribution in [-0.2, 0) is 0 Å². The van der Waals surface area contributed by atoms with Gasteiger partial charge in [0.15, 0.2) is 0 Å². The summed E-state index contributed by atoms with van der Waals surface area (Å²) in [4.78, 5) is 0. The highest BCUT2D eigenvalue weighted by Gasteiger charge is 2.09. The van der Waals surface area contributed by atoms with Crippen LogP contribution in [0.4, 0.5) is 8.78 Å². The lowest BCUT2D eigenvalue weighted by molar-refractivity contribution is 0.186. The molecule has 0 spiro atoms. The molecule has 6 heteroatoms. The summed E-state index contributed by atoms with van der Waals surface area (Å²) in [6, 6.07) is 8.84. The highest BCUT2D eigenvalue weighted by Crippen LogP contribution is 2.23. The third kappa shape index (κ3) is 5.22. The largest absolute Gasteiger partial charge is 0.492 e. The van der Waals surface area contributed by atoms with Crippen LogP contribution in [0, 0.1) is 24.7 Å². The molecule has 0 saturated heterocycles. The van der Waals surface area contributed by atoms with E-state index in [1.807, 2.05) is 52.1 Å². The predicted molar refractivity (Wildman–Crippen MR) is 98.4 cm³/mol. The van der Waals surface area contributed by atoms with Gasteiger partial charge in [-0.3, -0.25) is 0 Å². The van der Waals surface area contributed by atoms with E-state index in [1.165, 1.54) is 24.3 Å². The zero-order valence-corrected chi connectivity index (χ0v) is 16.1. The van der Waals surface area contributed by atoms with Gasteiger partial charge in [-0.05, 0) is 81.6 Å². The van der Waals surface area contributed by atoms with Crippen molar-refractivity contribution in [2.24, 2.45) is 5.92 Å². The van der Waals surface area contributed by atoms with E-state index in [4.69, 9.17) is 9.47 Å². The van der Waals surface area contributed by atoms with E-state index in [2.05, 4.69) is 0 Å². The maximum absolute atomic E-state index is 13.0. The van der Waals surface area contributed by atoms with Gasteiger partial charge in [-0.1, -0.05) is 6.92 Å². The first-order chi connectivity index (χ1) is 10.5. The SMILES string of the molecule is CC(COc1ccc(F)cc1I)COc1ccc(F)cc1I. The molecule has 2 aromatic rings. The fourth-order valence-corrected chi connectivity index (χ4v) is 2.96. The van der Waals surface area contributed by atoms with Crippen LogP contribution in [0.25, 0.3) is 0 Å². The van der Waals surface area contributed by atoms with Crippen molar-refractivity contribution < 1.29 is 18.3 Å². The quantitative estimate of drug-likeness (QED) is 0.475. The molecule has 0 radical (unpaired) electrons. The molecule has 0 aliphatic heterocycles. The number of halogens is 4. The number of hydrogen-bond donors (Lipinski definition) is 0. The fourth-order valence-electron chi connectivity index (χ4n) is 1.70. The molecule has 0 amide bonds. The summed E-state index contributed by atoms with van der Waals surface area (Å²) < 4.78 is 38.8. The van der Waals surface area contributed by atoms with Crippen molar-refractivity contribution in [1.82, 2.24) is 0 Å². The number of ether oxygens (including phenoxy) is 2. The van der Waals surface area contributed by atoms with Gasteiger partial charge in [0.1, 0.15) is 23.1 Å². The number of benzene rings is 2. The second kappa shape index (κ2) is 8.28. The smallest absolute Gasteiger partial charge is 0.132 e. The monoisotopic (exact) mass is 530 g/mol. The molecule has 0 bridgehead atoms. The van der Waals surface area contributed by atoms with Gasteiger partial charge in [-0.2, -0.15) is 0 Å². The molecule has 0 aliphatic rings. The normalized spacial score (nSPS) is 10.8. The first kappa shape index (κ1) is 17.7. The molecule has 22 heavy (non-hydrogen) atoms. The molecule has 2 rings (SSSR count). The summed E-state index contributed by atoms with van der Waals surface area (Å²) in [6.45, 7) is 2.91. The maximum Gasteiger partial charge on any atom is 0.132 e. The molecule has 0 aromatic heterocycles. The molecule has 0 fully saturated rings. The first-order valence-electron chi connectivity index (χ1n) is 6.61. The summed E-state index contributed by atoms with van der Waals surface area (Å²) in [7, 11) is 0. The van der Waals surface area contributed by atoms with Crippen LogP contribution in [0.3, 0.4) is 0 Å². The van der Waals surface area contributed by atoms with Gasteiger partial charge in [0.2, 0.25) is 0 Å². The van der Waals surface area contributed by atoms with E-state index in [0.717, 1.165) is 7.14 Å². The van der Waals surface area contributed by atoms with Gasteiger partial charge in [0.25, 0.3) is 0 Å². The van der Waals surface area contributed by atoms with E-state index < -0.39 is 0 Å². The molecule has 2 aromatic carbocycles. The Bertz CT molecular complexity index is 595. The van der Waals surface area contributed by atoms with Crippen LogP contribution >= 0.6 is 45.2 Å². The van der Waals surface area contributed by atoms with Crippen LogP contribution in [0.5, 0.6) is 11.5 Å². The Morgan fingerprint density at radius 1 is 0.864 bits per heavy atom. The topological polar surface area (TPSA) is 18.5 Å². The van der Waals surface area contributed by atoms with Crippen LogP contribution in [-0.4, -0.2) is 13.2 Å². The van der Waals surface area contributed by atoms with Crippen molar-refractivity contribution in [2.75, 3.05) is 13.2 Å². The third-order valence-electron chi connectivity index (χ3n) is 2.83. The molecule has 0 atom stereocenters. The van der Waals surface area contributed by atoms with Crippen molar-refractivity contribution in [1.29, 1.82) is 0 Å². The van der Waals surface area contributed by atoms with E-state index in [9.17, 15) is 8.78 Å². The standard InChI is InChI=1S/C16H14F2I2O2/c1-10(8-21-15-4-2-11(17)6-13(15)19)9-22-16-5-3-12(18)7-14(16)20/h2-7,10H,8-9H2,1H3. The lowest BCUT2D eigenvalue weighted by atomic mass is 10.2. The van der Waals surface area contributed by atoms with Gasteiger partial charge >= 0.3 is 0 Å². The zero-order chi connectivity index (χ0) is 16.1. The number of hydrogen-bond acceptors (Lipinski definition) is 2. The number of rotatable bonds is 6. The van der Waals surface area contributed by atoms with Crippen LogP contribution in [0.1, 0.15) is 6.92 Å². The summed E-state index contributed by atoms with van der Waals surface area (Å²) in [6.07, 6.45) is 0. The minimum absolute atomic E-state index is 0.140. The van der Waals surface area contributed by atoms with Gasteiger partial charge in [-0.15, -0.1) is 0 Å². The third-order valence-corrected chi connectivity index (χ3v) is 4.52. The highest BCUT2D eigenvalue weighted by molar-refractivity contribution is 14.1. The molecule has 0 aliphatic carbocycles. The Hall–Kier alpha value is -0.640. The Kier molecular flexibility index (Phi) is 6.66. The summed E-state index contributed by atoms with van der Waals surface area (Å²) in [5.74, 6) is 0.898. The summed E-state index contributed by atoms with van der Waals surface area (Å²) in [5.41, 5.74) is 0. The van der Waals surface area contributed by atoms with Gasteiger partial charge < -0.3 is 9.47 Å². The van der Waals surface area contributed by atoms with E-state index in [-0.39, 0.29) is 17.6 Å². The molecule has 0 N–H and O–H groups in total. The minimum atomic E-state index is -0.279. The molecule has 118 valence electrons. The summed E-state index contributed by atoms with van der Waals surface area (Å²) >= 11 is 4.08. The van der Waals surface area contributed by atoms with Crippen molar-refractivity contribution in [2.45, 2.75) is 6.92 Å². The second-order valence-electron chi connectivity index (χ2n) is 4.88. The fraction of sp³-hybridized carbons (Fsp3) is 0.250. The Morgan fingerprint density at radius 2 is 1.27 bits per heavy atom. The van der Waals surface area contributed by atoms with Gasteiger partial charge in [0.05, 0.1) is 20.4 Å². The van der Waals surface area contributed by atoms with Crippen LogP contribution < -0.4 is 9.47 Å². The van der Waals surface area contributed by atoms with Crippen molar-refractivity contribution in [3.8, 4) is 11.5 Å². The van der Waals surface area contributed by atoms with Crippen molar-refractivity contribution in [3.63, 3.8) is 0 Å². The molecule has 0 unspecified atom stereocenters.